The van der Waals surface area contributed by atoms with Crippen LogP contribution >= 0.6 is 11.3 Å². The van der Waals surface area contributed by atoms with Crippen LogP contribution in [0, 0.1) is 11.3 Å². The summed E-state index contributed by atoms with van der Waals surface area (Å²) in [5.74, 6) is 0.275. The van der Waals surface area contributed by atoms with E-state index in [0.717, 1.165) is 42.0 Å². The molecule has 0 spiro atoms. The molecule has 0 radical (unpaired) electrons. The fourth-order valence-electron chi connectivity index (χ4n) is 4.18. The lowest BCUT2D eigenvalue weighted by Gasteiger charge is -2.30. The molecule has 4 rings (SSSR count). The number of hydrogen-bond acceptors (Lipinski definition) is 7. The van der Waals surface area contributed by atoms with E-state index in [4.69, 9.17) is 4.74 Å². The van der Waals surface area contributed by atoms with Gasteiger partial charge in [-0.3, -0.25) is 0 Å². The predicted octanol–water partition coefficient (Wildman–Crippen LogP) is 4.24. The first-order chi connectivity index (χ1) is 15.8. The minimum atomic E-state index is -3.65. The second-order valence-corrected chi connectivity index (χ2v) is 11.8. The Morgan fingerprint density at radius 3 is 2.61 bits per heavy atom. The molecule has 10 heteroatoms. The van der Waals surface area contributed by atoms with Gasteiger partial charge in [0.1, 0.15) is 0 Å². The van der Waals surface area contributed by atoms with Crippen LogP contribution in [0.5, 0.6) is 0 Å². The Hall–Kier alpha value is -2.48. The van der Waals surface area contributed by atoms with Gasteiger partial charge >= 0.3 is 6.09 Å². The molecule has 1 aliphatic carbocycles. The largest absolute Gasteiger partial charge is 0.447 e. The van der Waals surface area contributed by atoms with Gasteiger partial charge in [0.15, 0.2) is 0 Å². The van der Waals surface area contributed by atoms with Gasteiger partial charge in [-0.15, -0.1) is 11.3 Å². The minimum absolute atomic E-state index is 0.0960. The number of amides is 1. The zero-order chi connectivity index (χ0) is 23.6. The molecule has 0 unspecified atom stereocenters. The van der Waals surface area contributed by atoms with Crippen molar-refractivity contribution in [3.63, 3.8) is 0 Å². The Balaban J connectivity index is 1.49. The van der Waals surface area contributed by atoms with E-state index in [1.54, 1.807) is 18.3 Å². The third-order valence-corrected chi connectivity index (χ3v) is 9.21. The first-order valence-corrected chi connectivity index (χ1v) is 13.5. The Morgan fingerprint density at radius 1 is 1.27 bits per heavy atom. The molecular weight excluding hydrogens is 460 g/mol. The van der Waals surface area contributed by atoms with Crippen LogP contribution in [0.25, 0.3) is 10.4 Å². The summed E-state index contributed by atoms with van der Waals surface area (Å²) in [7, 11) is -3.65. The van der Waals surface area contributed by atoms with Crippen LogP contribution in [-0.4, -0.2) is 49.0 Å². The average Bonchev–Trinajstić information content (AvgIpc) is 3.21. The fraction of sp³-hybridized carbons (Fsp3) is 0.522. The molecule has 1 N–H and O–H groups in total. The third-order valence-electron chi connectivity index (χ3n) is 6.07. The second-order valence-electron chi connectivity index (χ2n) is 8.79. The molecule has 2 aromatic rings. The lowest BCUT2D eigenvalue weighted by Crippen LogP contribution is -2.42. The summed E-state index contributed by atoms with van der Waals surface area (Å²) in [4.78, 5) is 17.4. The molecule has 1 aliphatic heterocycles. The van der Waals surface area contributed by atoms with Crippen molar-refractivity contribution in [1.82, 2.24) is 14.6 Å². The first-order valence-electron chi connectivity index (χ1n) is 11.3. The van der Waals surface area contributed by atoms with Crippen molar-refractivity contribution in [3.05, 3.63) is 35.0 Å². The maximum atomic E-state index is 13.1. The SMILES string of the molecule is CC(C)OC(=O)N[C@H]1CC[C@H](c2ncc(-c3ccc(C#N)cc3S(=O)(=O)N3CCC3)s2)CC1. The molecule has 176 valence electrons. The number of hydrogen-bond donors (Lipinski definition) is 1. The molecule has 8 nitrogen and oxygen atoms in total. The van der Waals surface area contributed by atoms with E-state index in [0.29, 0.717) is 24.2 Å². The van der Waals surface area contributed by atoms with Gasteiger partial charge in [-0.25, -0.2) is 18.2 Å². The summed E-state index contributed by atoms with van der Waals surface area (Å²) in [5, 5.41) is 13.2. The van der Waals surface area contributed by atoms with Gasteiger partial charge in [-0.1, -0.05) is 6.07 Å². The summed E-state index contributed by atoms with van der Waals surface area (Å²) >= 11 is 1.51. The Bertz CT molecular complexity index is 1160. The van der Waals surface area contributed by atoms with Crippen LogP contribution in [-0.2, 0) is 14.8 Å². The molecule has 1 amide bonds. The van der Waals surface area contributed by atoms with Gasteiger partial charge < -0.3 is 10.1 Å². The minimum Gasteiger partial charge on any atom is -0.447 e. The predicted molar refractivity (Wildman–Crippen MR) is 125 cm³/mol. The monoisotopic (exact) mass is 488 g/mol. The van der Waals surface area contributed by atoms with Crippen molar-refractivity contribution in [2.45, 2.75) is 68.9 Å². The molecule has 1 aromatic carbocycles. The lowest BCUT2D eigenvalue weighted by molar-refractivity contribution is 0.109. The van der Waals surface area contributed by atoms with Gasteiger partial charge in [0.25, 0.3) is 0 Å². The van der Waals surface area contributed by atoms with Gasteiger partial charge in [0.05, 0.1) is 32.5 Å². The third kappa shape index (κ3) is 5.21. The molecule has 33 heavy (non-hydrogen) atoms. The van der Waals surface area contributed by atoms with Crippen LogP contribution in [0.1, 0.15) is 62.4 Å². The smallest absolute Gasteiger partial charge is 0.407 e. The number of sulfonamides is 1. The molecule has 2 fully saturated rings. The molecule has 2 aliphatic rings. The Kier molecular flexibility index (Phi) is 7.02. The van der Waals surface area contributed by atoms with E-state index in [-0.39, 0.29) is 29.1 Å². The zero-order valence-corrected chi connectivity index (χ0v) is 20.4. The summed E-state index contributed by atoms with van der Waals surface area (Å²) in [5.41, 5.74) is 0.917. The standard InChI is InChI=1S/C23H28N4O4S2/c1-15(2)31-23(28)26-18-7-5-17(6-8-18)22-25-14-20(32-22)19-9-4-16(13-24)12-21(19)33(29,30)27-10-3-11-27/h4,9,12,14-15,17-18H,3,5-8,10-11H2,1-2H3,(H,26,28)/t17-,18-. The average molecular weight is 489 g/mol. The molecule has 2 heterocycles. The normalized spacial score (nSPS) is 21.3. The number of rotatable bonds is 6. The maximum Gasteiger partial charge on any atom is 0.407 e. The molecule has 1 aromatic heterocycles. The second kappa shape index (κ2) is 9.79. The highest BCUT2D eigenvalue weighted by Gasteiger charge is 2.33. The van der Waals surface area contributed by atoms with Crippen molar-refractivity contribution in [2.24, 2.45) is 0 Å². The van der Waals surface area contributed by atoms with E-state index >= 15 is 0 Å². The van der Waals surface area contributed by atoms with Crippen LogP contribution < -0.4 is 5.32 Å². The van der Waals surface area contributed by atoms with Gasteiger partial charge in [0.2, 0.25) is 10.0 Å². The number of aromatic nitrogens is 1. The van der Waals surface area contributed by atoms with Gasteiger partial charge in [-0.2, -0.15) is 9.57 Å². The zero-order valence-electron chi connectivity index (χ0n) is 18.8. The molecule has 1 saturated heterocycles. The maximum absolute atomic E-state index is 13.1. The van der Waals surface area contributed by atoms with Crippen LogP contribution in [0.2, 0.25) is 0 Å². The number of alkyl carbamates (subject to hydrolysis) is 1. The number of ether oxygens (including phenoxy) is 1. The van der Waals surface area contributed by atoms with E-state index in [2.05, 4.69) is 10.3 Å². The summed E-state index contributed by atoms with van der Waals surface area (Å²) in [6.07, 6.45) is 5.55. The number of carbonyl (C=O) groups is 1. The van der Waals surface area contributed by atoms with Crippen molar-refractivity contribution in [2.75, 3.05) is 13.1 Å². The van der Waals surface area contributed by atoms with Crippen LogP contribution in [0.3, 0.4) is 0 Å². The molecule has 1 saturated carbocycles. The number of carbonyl (C=O) groups excluding carboxylic acids is 1. The van der Waals surface area contributed by atoms with Crippen molar-refractivity contribution in [1.29, 1.82) is 5.26 Å². The van der Waals surface area contributed by atoms with E-state index in [1.807, 2.05) is 19.9 Å². The fourth-order valence-corrected chi connectivity index (χ4v) is 7.12. The first kappa shape index (κ1) is 23.7. The number of nitriles is 1. The number of nitrogens with zero attached hydrogens (tertiary/aromatic N) is 3. The van der Waals surface area contributed by atoms with E-state index in [1.165, 1.54) is 21.7 Å². The molecular formula is C23H28N4O4S2. The number of nitrogens with one attached hydrogen (secondary N) is 1. The lowest BCUT2D eigenvalue weighted by atomic mass is 9.86. The van der Waals surface area contributed by atoms with Crippen molar-refractivity contribution in [3.8, 4) is 16.5 Å². The number of thiazole rings is 1. The van der Waals surface area contributed by atoms with Gasteiger partial charge in [0, 0.05) is 36.8 Å². The summed E-state index contributed by atoms with van der Waals surface area (Å²) in [6.45, 7) is 4.66. The van der Waals surface area contributed by atoms with Crippen molar-refractivity contribution >= 4 is 27.5 Å². The van der Waals surface area contributed by atoms with Crippen LogP contribution in [0.15, 0.2) is 29.3 Å². The summed E-state index contributed by atoms with van der Waals surface area (Å²) in [6, 6.07) is 6.97. The Morgan fingerprint density at radius 2 is 2.00 bits per heavy atom. The molecule has 0 atom stereocenters. The van der Waals surface area contributed by atoms with Crippen molar-refractivity contribution < 1.29 is 17.9 Å². The molecule has 0 bridgehead atoms. The highest BCUT2D eigenvalue weighted by Crippen LogP contribution is 2.40. The van der Waals surface area contributed by atoms with Crippen LogP contribution in [0.4, 0.5) is 4.79 Å². The van der Waals surface area contributed by atoms with Gasteiger partial charge in [-0.05, 0) is 58.1 Å². The highest BCUT2D eigenvalue weighted by atomic mass is 32.2. The summed E-state index contributed by atoms with van der Waals surface area (Å²) < 4.78 is 32.9. The Labute approximate surface area is 198 Å². The topological polar surface area (TPSA) is 112 Å². The highest BCUT2D eigenvalue weighted by molar-refractivity contribution is 7.89. The number of benzene rings is 1. The quantitative estimate of drug-likeness (QED) is 0.651. The van der Waals surface area contributed by atoms with E-state index in [9.17, 15) is 18.5 Å². The van der Waals surface area contributed by atoms with E-state index < -0.39 is 10.0 Å².